The summed E-state index contributed by atoms with van der Waals surface area (Å²) in [5.74, 6) is 3.30. The minimum atomic E-state index is 0.745. The van der Waals surface area contributed by atoms with E-state index < -0.39 is 0 Å². The van der Waals surface area contributed by atoms with E-state index in [1.807, 2.05) is 36.4 Å². The van der Waals surface area contributed by atoms with E-state index in [4.69, 9.17) is 14.2 Å². The molecule has 4 nitrogen and oxygen atoms in total. The van der Waals surface area contributed by atoms with Crippen molar-refractivity contribution in [3.05, 3.63) is 54.7 Å². The van der Waals surface area contributed by atoms with Gasteiger partial charge in [-0.05, 0) is 42.5 Å². The Kier molecular flexibility index (Phi) is 5.56. The molecule has 0 N–H and O–H groups in total. The zero-order valence-electron chi connectivity index (χ0n) is 13.7. The van der Waals surface area contributed by atoms with Crippen LogP contribution in [0.15, 0.2) is 59.6 Å². The van der Waals surface area contributed by atoms with Crippen molar-refractivity contribution < 1.29 is 14.2 Å². The fourth-order valence-electron chi connectivity index (χ4n) is 2.29. The maximum absolute atomic E-state index is 6.03. The first-order valence-electron chi connectivity index (χ1n) is 7.62. The average molecular weight is 341 g/mol. The number of rotatable bonds is 7. The number of ether oxygens (including phenoxy) is 3. The molecule has 0 spiro atoms. The van der Waals surface area contributed by atoms with Crippen molar-refractivity contribution in [2.75, 3.05) is 26.6 Å². The monoisotopic (exact) mass is 341 g/mol. The van der Waals surface area contributed by atoms with Gasteiger partial charge in [-0.15, -0.1) is 11.8 Å². The van der Waals surface area contributed by atoms with Gasteiger partial charge >= 0.3 is 0 Å². The van der Waals surface area contributed by atoms with Gasteiger partial charge in [0, 0.05) is 35.4 Å². The van der Waals surface area contributed by atoms with Crippen LogP contribution in [0.1, 0.15) is 0 Å². The molecule has 0 bridgehead atoms. The Labute approximate surface area is 145 Å². The Hall–Kier alpha value is -2.24. The van der Waals surface area contributed by atoms with Crippen molar-refractivity contribution in [3.8, 4) is 17.2 Å². The van der Waals surface area contributed by atoms with Crippen LogP contribution in [-0.2, 0) is 4.74 Å². The molecule has 0 atom stereocenters. The zero-order chi connectivity index (χ0) is 16.8. The number of hydrogen-bond acceptors (Lipinski definition) is 5. The Morgan fingerprint density at radius 2 is 1.75 bits per heavy atom. The third kappa shape index (κ3) is 3.99. The van der Waals surface area contributed by atoms with E-state index in [0.29, 0.717) is 0 Å². The quantitative estimate of drug-likeness (QED) is 0.457. The van der Waals surface area contributed by atoms with Gasteiger partial charge in [-0.25, -0.2) is 0 Å². The molecule has 0 aliphatic carbocycles. The summed E-state index contributed by atoms with van der Waals surface area (Å²) < 4.78 is 16.3. The molecule has 24 heavy (non-hydrogen) atoms. The van der Waals surface area contributed by atoms with Gasteiger partial charge in [0.1, 0.15) is 17.2 Å². The van der Waals surface area contributed by atoms with Gasteiger partial charge in [0.2, 0.25) is 0 Å². The lowest BCUT2D eigenvalue weighted by Crippen LogP contribution is -1.91. The van der Waals surface area contributed by atoms with Gasteiger partial charge < -0.3 is 14.2 Å². The molecule has 0 fully saturated rings. The van der Waals surface area contributed by atoms with Crippen molar-refractivity contribution in [2.45, 2.75) is 4.90 Å². The van der Waals surface area contributed by atoms with Gasteiger partial charge in [-0.2, -0.15) is 0 Å². The molecule has 0 unspecified atom stereocenters. The Bertz CT molecular complexity index is 805. The molecule has 1 heterocycles. The lowest BCUT2D eigenvalue weighted by atomic mass is 10.2. The highest BCUT2D eigenvalue weighted by Crippen LogP contribution is 2.31. The molecule has 0 aliphatic rings. The molecule has 0 saturated carbocycles. The van der Waals surface area contributed by atoms with E-state index in [1.165, 1.54) is 4.90 Å². The highest BCUT2D eigenvalue weighted by molar-refractivity contribution is 7.99. The minimum absolute atomic E-state index is 0.745. The molecule has 124 valence electrons. The molecular weight excluding hydrogens is 322 g/mol. The number of thioether (sulfide) groups is 1. The molecule has 5 heteroatoms. The van der Waals surface area contributed by atoms with Crippen LogP contribution in [0.2, 0.25) is 0 Å². The van der Waals surface area contributed by atoms with Crippen molar-refractivity contribution in [1.29, 1.82) is 0 Å². The molecule has 0 saturated heterocycles. The summed E-state index contributed by atoms with van der Waals surface area (Å²) in [5, 5.41) is 0.955. The third-order valence-corrected chi connectivity index (χ3v) is 4.49. The first-order valence-corrected chi connectivity index (χ1v) is 8.61. The molecule has 0 aliphatic heterocycles. The Morgan fingerprint density at radius 3 is 2.50 bits per heavy atom. The summed E-state index contributed by atoms with van der Waals surface area (Å²) in [5.41, 5.74) is 0.846. The van der Waals surface area contributed by atoms with Crippen LogP contribution in [0.4, 0.5) is 0 Å². The summed E-state index contributed by atoms with van der Waals surface area (Å²) in [4.78, 5) is 5.57. The second-order valence-electron chi connectivity index (χ2n) is 5.11. The summed E-state index contributed by atoms with van der Waals surface area (Å²) in [6.45, 7) is 0.745. The normalized spacial score (nSPS) is 10.8. The Morgan fingerprint density at radius 1 is 0.958 bits per heavy atom. The van der Waals surface area contributed by atoms with Crippen LogP contribution in [0.25, 0.3) is 10.9 Å². The van der Waals surface area contributed by atoms with E-state index in [-0.39, 0.29) is 0 Å². The molecule has 0 amide bonds. The Balaban J connectivity index is 1.77. The maximum Gasteiger partial charge on any atom is 0.138 e. The van der Waals surface area contributed by atoms with Crippen LogP contribution < -0.4 is 9.47 Å². The smallest absolute Gasteiger partial charge is 0.138 e. The van der Waals surface area contributed by atoms with Crippen LogP contribution in [0, 0.1) is 0 Å². The fraction of sp³-hybridized carbons (Fsp3) is 0.211. The lowest BCUT2D eigenvalue weighted by Gasteiger charge is -2.10. The van der Waals surface area contributed by atoms with Crippen LogP contribution in [-0.4, -0.2) is 31.6 Å². The topological polar surface area (TPSA) is 40.6 Å². The lowest BCUT2D eigenvalue weighted by molar-refractivity contribution is 0.218. The molecular formula is C19H19NO3S. The van der Waals surface area contributed by atoms with Crippen molar-refractivity contribution in [2.24, 2.45) is 0 Å². The van der Waals surface area contributed by atoms with E-state index in [9.17, 15) is 0 Å². The van der Waals surface area contributed by atoms with Gasteiger partial charge in [0.05, 0.1) is 19.2 Å². The number of nitrogens with zero attached hydrogens (tertiary/aromatic N) is 1. The second kappa shape index (κ2) is 8.04. The van der Waals surface area contributed by atoms with Crippen molar-refractivity contribution in [3.63, 3.8) is 0 Å². The van der Waals surface area contributed by atoms with Crippen LogP contribution >= 0.6 is 11.8 Å². The summed E-state index contributed by atoms with van der Waals surface area (Å²) >= 11 is 1.76. The standard InChI is InChI=1S/C19H19NO3S/c1-21-11-12-24-16-6-3-14(4-7-16)23-19-9-10-20-18-13-15(22-2)5-8-17(18)19/h3-10,13H,11-12H2,1-2H3. The summed E-state index contributed by atoms with van der Waals surface area (Å²) in [6, 6.07) is 15.7. The first kappa shape index (κ1) is 16.6. The first-order chi connectivity index (χ1) is 11.8. The summed E-state index contributed by atoms with van der Waals surface area (Å²) in [6.07, 6.45) is 1.74. The summed E-state index contributed by atoms with van der Waals surface area (Å²) in [7, 11) is 3.36. The van der Waals surface area contributed by atoms with E-state index in [1.54, 1.807) is 32.2 Å². The number of hydrogen-bond donors (Lipinski definition) is 0. The van der Waals surface area contributed by atoms with Crippen molar-refractivity contribution >= 4 is 22.7 Å². The number of benzene rings is 2. The second-order valence-corrected chi connectivity index (χ2v) is 6.28. The highest BCUT2D eigenvalue weighted by Gasteiger charge is 2.06. The predicted octanol–water partition coefficient (Wildman–Crippen LogP) is 4.77. The van der Waals surface area contributed by atoms with E-state index in [2.05, 4.69) is 17.1 Å². The van der Waals surface area contributed by atoms with Gasteiger partial charge in [-0.3, -0.25) is 4.98 Å². The van der Waals surface area contributed by atoms with Gasteiger partial charge in [0.25, 0.3) is 0 Å². The number of aromatic nitrogens is 1. The maximum atomic E-state index is 6.03. The highest BCUT2D eigenvalue weighted by atomic mass is 32.2. The number of fused-ring (bicyclic) bond motifs is 1. The number of methoxy groups -OCH3 is 2. The molecule has 3 rings (SSSR count). The zero-order valence-corrected chi connectivity index (χ0v) is 14.5. The fourth-order valence-corrected chi connectivity index (χ4v) is 3.11. The molecule has 1 aromatic heterocycles. The minimum Gasteiger partial charge on any atom is -0.497 e. The third-order valence-electron chi connectivity index (χ3n) is 3.52. The predicted molar refractivity (Wildman–Crippen MR) is 97.4 cm³/mol. The molecule has 0 radical (unpaired) electrons. The molecule has 2 aromatic carbocycles. The largest absolute Gasteiger partial charge is 0.497 e. The van der Waals surface area contributed by atoms with Gasteiger partial charge in [0.15, 0.2) is 0 Å². The number of pyridine rings is 1. The van der Waals surface area contributed by atoms with E-state index >= 15 is 0 Å². The molecule has 3 aromatic rings. The van der Waals surface area contributed by atoms with Crippen molar-refractivity contribution in [1.82, 2.24) is 4.98 Å². The average Bonchev–Trinajstić information content (AvgIpc) is 2.63. The van der Waals surface area contributed by atoms with Crippen LogP contribution in [0.3, 0.4) is 0 Å². The SMILES string of the molecule is COCCSc1ccc(Oc2ccnc3cc(OC)ccc23)cc1. The van der Waals surface area contributed by atoms with Gasteiger partial charge in [-0.1, -0.05) is 0 Å². The van der Waals surface area contributed by atoms with Crippen LogP contribution in [0.5, 0.6) is 17.2 Å². The van der Waals surface area contributed by atoms with E-state index in [0.717, 1.165) is 40.5 Å².